The normalized spacial score (nSPS) is 22.7. The van der Waals surface area contributed by atoms with E-state index in [1.54, 1.807) is 0 Å². The molecule has 1 aliphatic carbocycles. The molecule has 1 nitrogen and oxygen atoms in total. The number of benzene rings is 2. The molecule has 2 aromatic rings. The van der Waals surface area contributed by atoms with Crippen molar-refractivity contribution < 1.29 is 110 Å². The van der Waals surface area contributed by atoms with E-state index in [4.69, 9.17) is 0 Å². The maximum atomic E-state index is 16.2. The number of Topliss-reactive ketones (excluding diaryl/α,β-unsaturated/α-hetero) is 1. The van der Waals surface area contributed by atoms with Crippen LogP contribution in [0.25, 0.3) is 0 Å². The van der Waals surface area contributed by atoms with Gasteiger partial charge in [-0.3, -0.25) is 4.79 Å². The second-order valence-electron chi connectivity index (χ2n) is 8.97. The highest BCUT2D eigenvalue weighted by atomic mass is 19.4. The third-order valence-electron chi connectivity index (χ3n) is 6.56. The van der Waals surface area contributed by atoms with Crippen molar-refractivity contribution in [2.24, 2.45) is 0 Å². The van der Waals surface area contributed by atoms with Gasteiger partial charge in [-0.15, -0.1) is 0 Å². The Morgan fingerprint density at radius 3 is 1.20 bits per heavy atom. The monoisotopic (exact) mass is 724 g/mol. The van der Waals surface area contributed by atoms with E-state index < -0.39 is 122 Å². The van der Waals surface area contributed by atoms with Gasteiger partial charge in [0.15, 0.2) is 46.5 Å². The van der Waals surface area contributed by atoms with Crippen LogP contribution in [-0.2, 0) is 11.8 Å². The lowest BCUT2D eigenvalue weighted by atomic mass is 9.60. The number of fused-ring (bicyclic) bond motifs is 1. The topological polar surface area (TPSA) is 17.1 Å². The highest BCUT2D eigenvalue weighted by molar-refractivity contribution is 6.08. The Hall–Kier alpha value is -3.57. The van der Waals surface area contributed by atoms with Crippen LogP contribution in [0.15, 0.2) is 0 Å². The lowest BCUT2D eigenvalue weighted by Crippen LogP contribution is -2.82. The molecule has 2 atom stereocenters. The summed E-state index contributed by atoms with van der Waals surface area (Å²) in [4.78, 5) is 12.5. The van der Waals surface area contributed by atoms with Gasteiger partial charge in [0.25, 0.3) is 11.3 Å². The first-order valence-electron chi connectivity index (χ1n) is 10.5. The van der Waals surface area contributed by atoms with Crippen LogP contribution in [0.3, 0.4) is 0 Å². The highest BCUT2D eigenvalue weighted by Crippen LogP contribution is 2.71. The molecule has 0 bridgehead atoms. The molecule has 0 saturated heterocycles. The first kappa shape index (κ1) is 36.9. The van der Waals surface area contributed by atoms with Crippen LogP contribution in [0.2, 0.25) is 0 Å². The largest absolute Gasteiger partial charge is 0.460 e. The van der Waals surface area contributed by atoms with Crippen LogP contribution in [0.5, 0.6) is 0 Å². The van der Waals surface area contributed by atoms with E-state index in [-0.39, 0.29) is 0 Å². The zero-order valence-corrected chi connectivity index (χ0v) is 20.0. The first-order valence-corrected chi connectivity index (χ1v) is 10.5. The fraction of sp³-hybridized carbons (Fsp3) is 0.381. The minimum Gasteiger partial charge on any atom is -0.290 e. The zero-order chi connectivity index (χ0) is 36.5. The van der Waals surface area contributed by atoms with Crippen LogP contribution >= 0.6 is 0 Å². The number of carbonyl (C=O) groups is 1. The molecule has 0 amide bonds. The Balaban J connectivity index is 2.78. The summed E-state index contributed by atoms with van der Waals surface area (Å²) < 4.78 is 342. The second kappa shape index (κ2) is 9.73. The quantitative estimate of drug-likeness (QED) is 0.171. The van der Waals surface area contributed by atoms with Crippen molar-refractivity contribution in [3.8, 4) is 0 Å². The molecule has 0 aliphatic heterocycles. The van der Waals surface area contributed by atoms with Crippen molar-refractivity contribution in [1.82, 2.24) is 0 Å². The summed E-state index contributed by atoms with van der Waals surface area (Å²) in [5, 5.41) is 0. The van der Waals surface area contributed by atoms with Crippen molar-refractivity contribution in [2.45, 2.75) is 47.1 Å². The fourth-order valence-corrected chi connectivity index (χ4v) is 4.27. The van der Waals surface area contributed by atoms with Gasteiger partial charge in [-0.2, -0.15) is 57.1 Å². The number of carbonyl (C=O) groups excluding carboxylic acids is 1. The summed E-state index contributed by atoms with van der Waals surface area (Å²) in [7, 11) is 0. The number of hydrogen-bond donors (Lipinski definition) is 0. The predicted octanol–water partition coefficient (Wildman–Crippen LogP) is 8.90. The summed E-state index contributed by atoms with van der Waals surface area (Å²) in [6.07, 6.45) is -8.20. The number of alkyl halides is 15. The third-order valence-corrected chi connectivity index (χ3v) is 6.56. The molecule has 0 heterocycles. The van der Waals surface area contributed by atoms with Gasteiger partial charge in [0.05, 0.1) is 11.1 Å². The van der Waals surface area contributed by atoms with Crippen molar-refractivity contribution in [3.05, 3.63) is 69.0 Å². The van der Waals surface area contributed by atoms with Crippen molar-refractivity contribution in [3.63, 3.8) is 0 Å². The van der Waals surface area contributed by atoms with Crippen molar-refractivity contribution in [1.29, 1.82) is 0 Å². The Labute approximate surface area is 233 Å². The van der Waals surface area contributed by atoms with E-state index in [0.29, 0.717) is 0 Å². The van der Waals surface area contributed by atoms with E-state index >= 15 is 26.3 Å². The average Bonchev–Trinajstić information content (AvgIpc) is 2.92. The first-order chi connectivity index (χ1) is 20.2. The smallest absolute Gasteiger partial charge is 0.290 e. The molecule has 0 spiro atoms. The number of halogens is 24. The van der Waals surface area contributed by atoms with Crippen LogP contribution < -0.4 is 0 Å². The van der Waals surface area contributed by atoms with Crippen LogP contribution in [0.4, 0.5) is 105 Å². The molecule has 0 aromatic heterocycles. The Bertz CT molecular complexity index is 1630. The molecule has 3 rings (SSSR count). The molecule has 2 unspecified atom stereocenters. The van der Waals surface area contributed by atoms with Gasteiger partial charge in [-0.1, -0.05) is 0 Å². The standard InChI is InChI=1S/C21F24O/c22-4-1-2(5(23)9(27)8(4)26)15(32,33)17(36,16(34,35)3-6(24)10(28)12(30)11(29)7(3)25)14(31,13(1)46)18(37,38)19(39,40)20(41,42)21(43,44)45. The van der Waals surface area contributed by atoms with Crippen molar-refractivity contribution >= 4 is 5.78 Å². The van der Waals surface area contributed by atoms with E-state index in [1.807, 2.05) is 0 Å². The summed E-state index contributed by atoms with van der Waals surface area (Å²) in [6.45, 7) is 0. The van der Waals surface area contributed by atoms with Gasteiger partial charge in [-0.25, -0.2) is 48.3 Å². The van der Waals surface area contributed by atoms with Gasteiger partial charge >= 0.3 is 35.8 Å². The Kier molecular flexibility index (Phi) is 7.80. The SMILES string of the molecule is O=C1c2c(F)c(F)c(F)c(F)c2C(F)(F)C(F)(C(F)(F)c2c(F)c(F)c(F)c(F)c2F)C1(F)C(F)(F)C(F)(F)C(F)(F)C(F)(F)F. The maximum absolute atomic E-state index is 16.2. The molecular weight excluding hydrogens is 724 g/mol. The van der Waals surface area contributed by atoms with Gasteiger partial charge in [0.1, 0.15) is 5.56 Å². The van der Waals surface area contributed by atoms with E-state index in [1.165, 1.54) is 0 Å². The molecule has 0 saturated carbocycles. The average molecular weight is 724 g/mol. The molecular formula is C21F24O. The predicted molar refractivity (Wildman–Crippen MR) is 93.2 cm³/mol. The van der Waals surface area contributed by atoms with E-state index in [9.17, 15) is 83.8 Å². The van der Waals surface area contributed by atoms with Gasteiger partial charge in [-0.05, 0) is 0 Å². The summed E-state index contributed by atoms with van der Waals surface area (Å²) >= 11 is 0. The summed E-state index contributed by atoms with van der Waals surface area (Å²) in [5.74, 6) is -84.6. The van der Waals surface area contributed by atoms with Gasteiger partial charge in [0, 0.05) is 0 Å². The summed E-state index contributed by atoms with van der Waals surface area (Å²) in [6, 6.07) is 0. The highest BCUT2D eigenvalue weighted by Gasteiger charge is 2.98. The number of ketones is 1. The molecule has 258 valence electrons. The zero-order valence-electron chi connectivity index (χ0n) is 20.0. The minimum absolute atomic E-state index is 3.63. The molecule has 25 heteroatoms. The number of hydrogen-bond acceptors (Lipinski definition) is 1. The van der Waals surface area contributed by atoms with Crippen LogP contribution in [0.1, 0.15) is 21.5 Å². The number of rotatable bonds is 5. The van der Waals surface area contributed by atoms with E-state index in [0.717, 1.165) is 0 Å². The van der Waals surface area contributed by atoms with Crippen LogP contribution in [-0.4, -0.2) is 41.1 Å². The second-order valence-corrected chi connectivity index (χ2v) is 8.97. The third kappa shape index (κ3) is 3.75. The Morgan fingerprint density at radius 1 is 0.457 bits per heavy atom. The van der Waals surface area contributed by atoms with E-state index in [2.05, 4.69) is 0 Å². The molecule has 0 radical (unpaired) electrons. The fourth-order valence-electron chi connectivity index (χ4n) is 4.27. The molecule has 46 heavy (non-hydrogen) atoms. The lowest BCUT2D eigenvalue weighted by molar-refractivity contribution is -0.428. The Morgan fingerprint density at radius 2 is 0.804 bits per heavy atom. The van der Waals surface area contributed by atoms with Gasteiger partial charge < -0.3 is 0 Å². The minimum atomic E-state index is -9.23. The van der Waals surface area contributed by atoms with Crippen LogP contribution in [0, 0.1) is 52.4 Å². The molecule has 0 fully saturated rings. The van der Waals surface area contributed by atoms with Gasteiger partial charge in [0.2, 0.25) is 11.6 Å². The molecule has 2 aromatic carbocycles. The summed E-state index contributed by atoms with van der Waals surface area (Å²) in [5.41, 5.74) is -30.8. The molecule has 1 aliphatic rings. The van der Waals surface area contributed by atoms with Crippen molar-refractivity contribution in [2.75, 3.05) is 0 Å². The maximum Gasteiger partial charge on any atom is 0.460 e. The molecule has 0 N–H and O–H groups in total. The lowest BCUT2D eigenvalue weighted by Gasteiger charge is -2.53.